The summed E-state index contributed by atoms with van der Waals surface area (Å²) in [6.07, 6.45) is 2.48. The zero-order chi connectivity index (χ0) is 9.61. The van der Waals surface area contributed by atoms with Crippen LogP contribution in [0.2, 0.25) is 0 Å². The maximum Gasteiger partial charge on any atom is 0.164 e. The monoisotopic (exact) mass is 172 g/mol. The molecule has 12 heavy (non-hydrogen) atoms. The molecule has 0 rings (SSSR count). The molecule has 0 bridgehead atoms. The van der Waals surface area contributed by atoms with Crippen LogP contribution in [-0.4, -0.2) is 18.0 Å². The molecule has 2 nitrogen and oxygen atoms in total. The maximum absolute atomic E-state index is 11.4. The number of Topliss-reactive ketones (excluding diaryl/α,β-unsaturated/α-hetero) is 1. The fourth-order valence-corrected chi connectivity index (χ4v) is 0.966. The van der Waals surface area contributed by atoms with Crippen LogP contribution in [-0.2, 0) is 9.53 Å². The Bertz CT molecular complexity index is 139. The van der Waals surface area contributed by atoms with Gasteiger partial charge >= 0.3 is 0 Å². The maximum atomic E-state index is 11.4. The van der Waals surface area contributed by atoms with Gasteiger partial charge in [-0.1, -0.05) is 13.8 Å². The van der Waals surface area contributed by atoms with E-state index in [1.54, 1.807) is 0 Å². The second-order valence-electron chi connectivity index (χ2n) is 3.53. The van der Waals surface area contributed by atoms with Crippen LogP contribution < -0.4 is 0 Å². The molecule has 0 saturated heterocycles. The molecule has 0 spiro atoms. The van der Waals surface area contributed by atoms with Crippen molar-refractivity contribution < 1.29 is 9.53 Å². The highest BCUT2D eigenvalue weighted by atomic mass is 16.5. The summed E-state index contributed by atoms with van der Waals surface area (Å²) in [6, 6.07) is 0. The second-order valence-corrected chi connectivity index (χ2v) is 3.53. The molecular weight excluding hydrogens is 152 g/mol. The number of carbonyl (C=O) groups is 1. The van der Waals surface area contributed by atoms with Crippen molar-refractivity contribution in [3.63, 3.8) is 0 Å². The predicted octanol–water partition coefficient (Wildman–Crippen LogP) is 2.56. The van der Waals surface area contributed by atoms with E-state index >= 15 is 0 Å². The van der Waals surface area contributed by atoms with Crippen LogP contribution in [0.25, 0.3) is 0 Å². The summed E-state index contributed by atoms with van der Waals surface area (Å²) in [5.41, 5.74) is -0.577. The van der Waals surface area contributed by atoms with Crippen LogP contribution in [0.5, 0.6) is 0 Å². The molecule has 0 fully saturated rings. The largest absolute Gasteiger partial charge is 0.368 e. The normalized spacial score (nSPS) is 11.7. The van der Waals surface area contributed by atoms with Crippen molar-refractivity contribution in [1.29, 1.82) is 0 Å². The van der Waals surface area contributed by atoms with Crippen molar-refractivity contribution in [3.05, 3.63) is 0 Å². The summed E-state index contributed by atoms with van der Waals surface area (Å²) < 4.78 is 5.44. The predicted molar refractivity (Wildman–Crippen MR) is 50.2 cm³/mol. The van der Waals surface area contributed by atoms with E-state index in [1.165, 1.54) is 0 Å². The lowest BCUT2D eigenvalue weighted by molar-refractivity contribution is -0.140. The van der Waals surface area contributed by atoms with Crippen LogP contribution >= 0.6 is 0 Å². The Hall–Kier alpha value is -0.370. The smallest absolute Gasteiger partial charge is 0.164 e. The van der Waals surface area contributed by atoms with Crippen molar-refractivity contribution >= 4 is 5.78 Å². The second kappa shape index (κ2) is 5.31. The molecule has 0 aliphatic rings. The number of ketones is 1. The first-order valence-corrected chi connectivity index (χ1v) is 4.71. The average Bonchev–Trinajstić information content (AvgIpc) is 2.01. The lowest BCUT2D eigenvalue weighted by atomic mass is 10.00. The zero-order valence-corrected chi connectivity index (χ0v) is 8.64. The van der Waals surface area contributed by atoms with Crippen LogP contribution in [0.3, 0.4) is 0 Å². The Morgan fingerprint density at radius 1 is 1.25 bits per heavy atom. The van der Waals surface area contributed by atoms with Crippen molar-refractivity contribution in [2.75, 3.05) is 6.61 Å². The van der Waals surface area contributed by atoms with Gasteiger partial charge < -0.3 is 4.74 Å². The Morgan fingerprint density at radius 2 is 1.83 bits per heavy atom. The van der Waals surface area contributed by atoms with Gasteiger partial charge in [-0.2, -0.15) is 0 Å². The average molecular weight is 172 g/mol. The fraction of sp³-hybridized carbons (Fsp3) is 0.900. The summed E-state index contributed by atoms with van der Waals surface area (Å²) in [5.74, 6) is 0.207. The highest BCUT2D eigenvalue weighted by molar-refractivity contribution is 5.86. The first-order valence-electron chi connectivity index (χ1n) is 4.71. The van der Waals surface area contributed by atoms with Gasteiger partial charge in [-0.25, -0.2) is 0 Å². The Labute approximate surface area is 75.3 Å². The van der Waals surface area contributed by atoms with E-state index in [9.17, 15) is 4.79 Å². The Kier molecular flexibility index (Phi) is 5.14. The third-order valence-corrected chi connectivity index (χ3v) is 1.82. The van der Waals surface area contributed by atoms with Gasteiger partial charge in [0.05, 0.1) is 0 Å². The SMILES string of the molecule is CCCOC(C)(C)C(=O)CCC. The number of hydrogen-bond acceptors (Lipinski definition) is 2. The fourth-order valence-electron chi connectivity index (χ4n) is 0.966. The van der Waals surface area contributed by atoms with E-state index in [-0.39, 0.29) is 5.78 Å². The van der Waals surface area contributed by atoms with Crippen LogP contribution in [0.1, 0.15) is 47.0 Å². The molecule has 0 aromatic carbocycles. The highest BCUT2D eigenvalue weighted by Crippen LogP contribution is 2.14. The number of carbonyl (C=O) groups excluding carboxylic acids is 1. The molecule has 0 heterocycles. The molecule has 0 radical (unpaired) electrons. The minimum atomic E-state index is -0.577. The summed E-state index contributed by atoms with van der Waals surface area (Å²) in [6.45, 7) is 8.41. The topological polar surface area (TPSA) is 26.3 Å². The lowest BCUT2D eigenvalue weighted by Crippen LogP contribution is -2.35. The van der Waals surface area contributed by atoms with Gasteiger partial charge in [-0.15, -0.1) is 0 Å². The minimum absolute atomic E-state index is 0.207. The van der Waals surface area contributed by atoms with Gasteiger partial charge in [0.1, 0.15) is 5.60 Å². The number of rotatable bonds is 6. The first-order chi connectivity index (χ1) is 5.54. The molecule has 72 valence electrons. The molecule has 0 aliphatic heterocycles. The van der Waals surface area contributed by atoms with E-state index in [1.807, 2.05) is 27.7 Å². The first kappa shape index (κ1) is 11.6. The molecule has 0 aromatic rings. The molecule has 0 saturated carbocycles. The van der Waals surface area contributed by atoms with E-state index in [0.29, 0.717) is 13.0 Å². The molecule has 2 heteroatoms. The summed E-state index contributed by atoms with van der Waals surface area (Å²) in [5, 5.41) is 0. The number of ether oxygens (including phenoxy) is 1. The minimum Gasteiger partial charge on any atom is -0.368 e. The third kappa shape index (κ3) is 3.86. The highest BCUT2D eigenvalue weighted by Gasteiger charge is 2.26. The van der Waals surface area contributed by atoms with Crippen molar-refractivity contribution in [2.24, 2.45) is 0 Å². The third-order valence-electron chi connectivity index (χ3n) is 1.82. The van der Waals surface area contributed by atoms with E-state index in [2.05, 4.69) is 0 Å². The van der Waals surface area contributed by atoms with Gasteiger partial charge in [0.25, 0.3) is 0 Å². The molecule has 0 amide bonds. The van der Waals surface area contributed by atoms with Gasteiger partial charge in [-0.3, -0.25) is 4.79 Å². The summed E-state index contributed by atoms with van der Waals surface area (Å²) in [4.78, 5) is 11.4. The summed E-state index contributed by atoms with van der Waals surface area (Å²) in [7, 11) is 0. The lowest BCUT2D eigenvalue weighted by Gasteiger charge is -2.23. The van der Waals surface area contributed by atoms with Crippen molar-refractivity contribution in [3.8, 4) is 0 Å². The molecular formula is C10H20O2. The quantitative estimate of drug-likeness (QED) is 0.615. The van der Waals surface area contributed by atoms with E-state index in [4.69, 9.17) is 4.74 Å². The van der Waals surface area contributed by atoms with Crippen LogP contribution in [0.4, 0.5) is 0 Å². The molecule has 0 aromatic heterocycles. The van der Waals surface area contributed by atoms with Crippen molar-refractivity contribution in [2.45, 2.75) is 52.6 Å². The van der Waals surface area contributed by atoms with E-state index < -0.39 is 5.60 Å². The summed E-state index contributed by atoms with van der Waals surface area (Å²) >= 11 is 0. The van der Waals surface area contributed by atoms with Gasteiger partial charge in [0.2, 0.25) is 0 Å². The standard InChI is InChI=1S/C10H20O2/c1-5-7-9(11)10(3,4)12-8-6-2/h5-8H2,1-4H3. The van der Waals surface area contributed by atoms with Gasteiger partial charge in [-0.05, 0) is 26.7 Å². The molecule has 0 atom stereocenters. The molecule has 0 N–H and O–H groups in total. The molecule has 0 aliphatic carbocycles. The Balaban J connectivity index is 3.90. The molecule has 0 unspecified atom stereocenters. The zero-order valence-electron chi connectivity index (χ0n) is 8.64. The van der Waals surface area contributed by atoms with Gasteiger partial charge in [0.15, 0.2) is 5.78 Å². The van der Waals surface area contributed by atoms with Gasteiger partial charge in [0, 0.05) is 13.0 Å². The van der Waals surface area contributed by atoms with E-state index in [0.717, 1.165) is 12.8 Å². The Morgan fingerprint density at radius 3 is 2.25 bits per heavy atom. The van der Waals surface area contributed by atoms with Crippen molar-refractivity contribution in [1.82, 2.24) is 0 Å². The van der Waals surface area contributed by atoms with Crippen LogP contribution in [0, 0.1) is 0 Å². The number of hydrogen-bond donors (Lipinski definition) is 0. The van der Waals surface area contributed by atoms with Crippen LogP contribution in [0.15, 0.2) is 0 Å².